The molecule has 2 aromatic rings. The quantitative estimate of drug-likeness (QED) is 0.427. The summed E-state index contributed by atoms with van der Waals surface area (Å²) in [4.78, 5) is 0. The van der Waals surface area contributed by atoms with Crippen LogP contribution in [0.4, 0.5) is 0 Å². The maximum absolute atomic E-state index is 4.19. The van der Waals surface area contributed by atoms with Gasteiger partial charge in [0.1, 0.15) is 0 Å². The zero-order valence-corrected chi connectivity index (χ0v) is 11.8. The maximum Gasteiger partial charge on any atom is 2.00 e. The second-order valence-corrected chi connectivity index (χ2v) is 3.23. The van der Waals surface area contributed by atoms with Crippen LogP contribution < -0.4 is 4.57 Å². The third kappa shape index (κ3) is 2.21. The van der Waals surface area contributed by atoms with Gasteiger partial charge in [-0.15, -0.1) is 6.07 Å². The summed E-state index contributed by atoms with van der Waals surface area (Å²) in [5.74, 6) is 0. The van der Waals surface area contributed by atoms with Gasteiger partial charge in [-0.05, 0) is 6.92 Å². The number of rotatable bonds is 1. The first kappa shape index (κ1) is 11.8. The zero-order chi connectivity index (χ0) is 10.1. The van der Waals surface area contributed by atoms with Crippen molar-refractivity contribution >= 4 is 0 Å². The molecule has 72 valence electrons. The minimum Gasteiger partial charge on any atom is -0.407 e. The van der Waals surface area contributed by atoms with Crippen LogP contribution in [0.5, 0.6) is 0 Å². The predicted molar refractivity (Wildman–Crippen MR) is 54.1 cm³/mol. The van der Waals surface area contributed by atoms with Gasteiger partial charge in [0, 0.05) is 18.4 Å². The fourth-order valence-corrected chi connectivity index (χ4v) is 1.46. The van der Waals surface area contributed by atoms with Gasteiger partial charge in [0.2, 0.25) is 0 Å². The summed E-state index contributed by atoms with van der Waals surface area (Å²) in [7, 11) is 7.72. The van der Waals surface area contributed by atoms with Crippen molar-refractivity contribution in [2.24, 2.45) is 0 Å². The van der Waals surface area contributed by atoms with Crippen molar-refractivity contribution in [1.82, 2.24) is 9.78 Å². The molecule has 0 bridgehead atoms. The van der Waals surface area contributed by atoms with Crippen LogP contribution in [0.2, 0.25) is 0 Å². The molecule has 15 heavy (non-hydrogen) atoms. The number of hydrogen-bond donors (Lipinski definition) is 0. The van der Waals surface area contributed by atoms with Gasteiger partial charge in [-0.25, -0.2) is 5.10 Å². The first-order valence-corrected chi connectivity index (χ1v) is 4.38. The van der Waals surface area contributed by atoms with E-state index in [0.717, 1.165) is 17.1 Å². The summed E-state index contributed by atoms with van der Waals surface area (Å²) in [6.07, 6.45) is 1.90. The van der Waals surface area contributed by atoms with Crippen molar-refractivity contribution in [3.63, 3.8) is 0 Å². The fraction of sp³-hybridized carbons (Fsp3) is 0.0909. The molecule has 0 atom stereocenters. The Kier molecular flexibility index (Phi) is 3.54. The zero-order valence-electron chi connectivity index (χ0n) is 8.85. The predicted octanol–water partition coefficient (Wildman–Crippen LogP) is 1.42. The van der Waals surface area contributed by atoms with E-state index in [1.54, 1.807) is 9.25 Å². The molecule has 0 N–H and O–H groups in total. The van der Waals surface area contributed by atoms with Crippen LogP contribution in [0.25, 0.3) is 11.4 Å². The van der Waals surface area contributed by atoms with Crippen LogP contribution in [0, 0.1) is 21.0 Å². The van der Waals surface area contributed by atoms with Gasteiger partial charge >= 0.3 is 19.5 Å². The van der Waals surface area contributed by atoms with Gasteiger partial charge in [0.05, 0.1) is 6.20 Å². The number of nitrogens with zero attached hydrogens (tertiary/aromatic N) is 3. The van der Waals surface area contributed by atoms with E-state index in [1.807, 2.05) is 37.4 Å². The smallest absolute Gasteiger partial charge is 0.407 e. The second-order valence-electron chi connectivity index (χ2n) is 3.23. The summed E-state index contributed by atoms with van der Waals surface area (Å²) in [6.45, 7) is 1.95. The van der Waals surface area contributed by atoms with Crippen LogP contribution in [0.15, 0.2) is 30.5 Å². The molecular formula is C11H12N3Zn+. The number of aromatic nitrogens is 3. The molecule has 2 heterocycles. The first-order valence-electron chi connectivity index (χ1n) is 4.38. The largest absolute Gasteiger partial charge is 2.00 e. The standard InChI is InChI=1S/C11H12N3.Zn/c1-9-8-11(14(3)12-9)10-6-4-5-7-13(10)2;/h4-8H,2-3H2,1H3;/q-1;+2. The van der Waals surface area contributed by atoms with Gasteiger partial charge < -0.3 is 9.25 Å². The van der Waals surface area contributed by atoms with Crippen LogP contribution in [0.3, 0.4) is 0 Å². The third-order valence-corrected chi connectivity index (χ3v) is 2.11. The molecule has 0 unspecified atom stereocenters. The topological polar surface area (TPSA) is 21.7 Å². The van der Waals surface area contributed by atoms with E-state index < -0.39 is 0 Å². The molecule has 0 amide bonds. The molecule has 0 saturated heterocycles. The Labute approximate surface area is 103 Å². The van der Waals surface area contributed by atoms with E-state index in [4.69, 9.17) is 0 Å². The monoisotopic (exact) mass is 250 g/mol. The SMILES string of the molecule is [CH2-]n1nc(C)cc1-c1cccc[n+]1[CH2-].[Zn+2]. The summed E-state index contributed by atoms with van der Waals surface area (Å²) in [5, 5.41) is 4.19. The molecular weight excluding hydrogens is 240 g/mol. The average Bonchev–Trinajstić information content (AvgIpc) is 2.46. The number of aryl methyl sites for hydroxylation is 1. The Bertz CT molecular complexity index is 463. The molecule has 0 aromatic carbocycles. The summed E-state index contributed by atoms with van der Waals surface area (Å²) in [6, 6.07) is 7.89. The van der Waals surface area contributed by atoms with E-state index >= 15 is 0 Å². The Hall–Kier alpha value is -1.28. The molecule has 2 rings (SSSR count). The van der Waals surface area contributed by atoms with Crippen LogP contribution in [0.1, 0.15) is 5.69 Å². The molecule has 0 radical (unpaired) electrons. The number of hydrogen-bond acceptors (Lipinski definition) is 1. The Morgan fingerprint density at radius 3 is 2.67 bits per heavy atom. The van der Waals surface area contributed by atoms with Crippen LogP contribution in [-0.2, 0) is 19.5 Å². The van der Waals surface area contributed by atoms with Crippen molar-refractivity contribution in [2.45, 2.75) is 6.92 Å². The number of pyridine rings is 1. The van der Waals surface area contributed by atoms with E-state index in [-0.39, 0.29) is 19.5 Å². The Morgan fingerprint density at radius 2 is 2.13 bits per heavy atom. The average molecular weight is 252 g/mol. The Morgan fingerprint density at radius 1 is 1.40 bits per heavy atom. The van der Waals surface area contributed by atoms with Crippen molar-refractivity contribution in [3.8, 4) is 11.4 Å². The summed E-state index contributed by atoms with van der Waals surface area (Å²) in [5.41, 5.74) is 2.93. The Balaban J connectivity index is 0.00000112. The maximum atomic E-state index is 4.19. The van der Waals surface area contributed by atoms with Gasteiger partial charge in [-0.1, -0.05) is 23.9 Å². The summed E-state index contributed by atoms with van der Waals surface area (Å²) < 4.78 is 3.42. The molecule has 0 aliphatic carbocycles. The molecule has 0 aliphatic heterocycles. The third-order valence-electron chi connectivity index (χ3n) is 2.11. The van der Waals surface area contributed by atoms with E-state index in [1.165, 1.54) is 0 Å². The van der Waals surface area contributed by atoms with E-state index in [0.29, 0.717) is 0 Å². The minimum absolute atomic E-state index is 0. The van der Waals surface area contributed by atoms with Gasteiger partial charge in [0.25, 0.3) is 0 Å². The van der Waals surface area contributed by atoms with Crippen molar-refractivity contribution in [1.29, 1.82) is 0 Å². The molecule has 0 fully saturated rings. The molecule has 0 spiro atoms. The first-order chi connectivity index (χ1) is 6.68. The normalized spacial score (nSPS) is 9.67. The second kappa shape index (κ2) is 4.50. The molecule has 4 heteroatoms. The molecule has 0 aliphatic rings. The van der Waals surface area contributed by atoms with Crippen LogP contribution >= 0.6 is 0 Å². The van der Waals surface area contributed by atoms with Crippen molar-refractivity contribution in [2.75, 3.05) is 0 Å². The van der Waals surface area contributed by atoms with Crippen molar-refractivity contribution in [3.05, 3.63) is 50.3 Å². The van der Waals surface area contributed by atoms with Gasteiger partial charge in [-0.3, -0.25) is 0 Å². The molecule has 0 saturated carbocycles. The van der Waals surface area contributed by atoms with E-state index in [2.05, 4.69) is 19.2 Å². The molecule has 3 nitrogen and oxygen atoms in total. The fourth-order valence-electron chi connectivity index (χ4n) is 1.46. The van der Waals surface area contributed by atoms with Crippen LogP contribution in [-0.4, -0.2) is 9.78 Å². The minimum atomic E-state index is 0. The summed E-state index contributed by atoms with van der Waals surface area (Å²) >= 11 is 0. The van der Waals surface area contributed by atoms with Gasteiger partial charge in [0.15, 0.2) is 0 Å². The van der Waals surface area contributed by atoms with E-state index in [9.17, 15) is 0 Å². The molecule has 2 aromatic heterocycles. The van der Waals surface area contributed by atoms with Gasteiger partial charge in [-0.2, -0.15) is 7.05 Å². The van der Waals surface area contributed by atoms with Crippen molar-refractivity contribution < 1.29 is 24.0 Å².